The monoisotopic (exact) mass is 193 g/mol. The number of nitrogens with two attached hydrogens (primary N) is 1. The first-order valence-corrected chi connectivity index (χ1v) is 6.22. The summed E-state index contributed by atoms with van der Waals surface area (Å²) in [6, 6.07) is 0.359. The molecule has 0 heterocycles. The van der Waals surface area contributed by atoms with Crippen LogP contribution in [0.5, 0.6) is 0 Å². The molecule has 2 aliphatic rings. The van der Waals surface area contributed by atoms with E-state index in [-0.39, 0.29) is 0 Å². The van der Waals surface area contributed by atoms with Crippen molar-refractivity contribution in [3.05, 3.63) is 11.6 Å². The van der Waals surface area contributed by atoms with Crippen LogP contribution in [-0.2, 0) is 0 Å². The van der Waals surface area contributed by atoms with Gasteiger partial charge in [-0.2, -0.15) is 0 Å². The second-order valence-electron chi connectivity index (χ2n) is 5.25. The number of hydrogen-bond acceptors (Lipinski definition) is 1. The van der Waals surface area contributed by atoms with Gasteiger partial charge in [-0.1, -0.05) is 31.4 Å². The predicted molar refractivity (Wildman–Crippen MR) is 61.0 cm³/mol. The smallest absolute Gasteiger partial charge is 0.0226 e. The Morgan fingerprint density at radius 1 is 1.14 bits per heavy atom. The molecule has 0 spiro atoms. The number of hydrogen-bond donors (Lipinski definition) is 1. The second kappa shape index (κ2) is 4.48. The molecule has 1 atom stereocenters. The summed E-state index contributed by atoms with van der Waals surface area (Å²) < 4.78 is 0. The summed E-state index contributed by atoms with van der Waals surface area (Å²) in [5.74, 6) is 1.85. The lowest BCUT2D eigenvalue weighted by Crippen LogP contribution is -2.24. The van der Waals surface area contributed by atoms with Gasteiger partial charge in [0.15, 0.2) is 0 Å². The van der Waals surface area contributed by atoms with Crippen molar-refractivity contribution in [1.29, 1.82) is 0 Å². The molecule has 1 heteroatoms. The molecule has 14 heavy (non-hydrogen) atoms. The van der Waals surface area contributed by atoms with Gasteiger partial charge in [0, 0.05) is 6.04 Å². The Kier molecular flexibility index (Phi) is 3.27. The van der Waals surface area contributed by atoms with E-state index in [1.165, 1.54) is 44.9 Å². The lowest BCUT2D eigenvalue weighted by atomic mass is 9.76. The van der Waals surface area contributed by atoms with Crippen LogP contribution in [0.4, 0.5) is 0 Å². The van der Waals surface area contributed by atoms with Crippen LogP contribution < -0.4 is 5.73 Å². The molecular formula is C13H23N. The summed E-state index contributed by atoms with van der Waals surface area (Å²) in [5, 5.41) is 0. The standard InChI is InChI=1S/C13H23N/c1-10-5-7-11(8-6-10)12-3-2-4-13(14)9-12/h9-11,13H,2-8,14H2,1H3. The van der Waals surface area contributed by atoms with Crippen molar-refractivity contribution in [3.63, 3.8) is 0 Å². The zero-order valence-corrected chi connectivity index (χ0v) is 9.34. The normalized spacial score (nSPS) is 39.3. The summed E-state index contributed by atoms with van der Waals surface area (Å²) in [4.78, 5) is 0. The van der Waals surface area contributed by atoms with E-state index >= 15 is 0 Å². The summed E-state index contributed by atoms with van der Waals surface area (Å²) in [6.07, 6.45) is 11.9. The van der Waals surface area contributed by atoms with Gasteiger partial charge in [0.05, 0.1) is 0 Å². The van der Waals surface area contributed by atoms with Gasteiger partial charge in [-0.15, -0.1) is 0 Å². The van der Waals surface area contributed by atoms with Crippen LogP contribution >= 0.6 is 0 Å². The molecule has 0 saturated heterocycles. The lowest BCUT2D eigenvalue weighted by molar-refractivity contribution is 0.311. The Morgan fingerprint density at radius 3 is 2.50 bits per heavy atom. The van der Waals surface area contributed by atoms with E-state index in [9.17, 15) is 0 Å². The SMILES string of the molecule is CC1CCC(C2=CC(N)CCC2)CC1. The molecule has 1 unspecified atom stereocenters. The molecule has 1 saturated carbocycles. The van der Waals surface area contributed by atoms with Gasteiger partial charge in [-0.05, 0) is 43.9 Å². The molecule has 0 bridgehead atoms. The third kappa shape index (κ3) is 2.38. The Bertz CT molecular complexity index is 211. The Morgan fingerprint density at radius 2 is 1.86 bits per heavy atom. The van der Waals surface area contributed by atoms with Gasteiger partial charge < -0.3 is 5.73 Å². The number of allylic oxidation sites excluding steroid dienone is 1. The molecule has 1 fully saturated rings. The molecule has 0 aromatic heterocycles. The van der Waals surface area contributed by atoms with Crippen LogP contribution in [0.3, 0.4) is 0 Å². The van der Waals surface area contributed by atoms with E-state index in [1.807, 2.05) is 0 Å². The van der Waals surface area contributed by atoms with Crippen molar-refractivity contribution in [2.24, 2.45) is 17.6 Å². The van der Waals surface area contributed by atoms with Crippen molar-refractivity contribution in [1.82, 2.24) is 0 Å². The topological polar surface area (TPSA) is 26.0 Å². The molecule has 0 radical (unpaired) electrons. The van der Waals surface area contributed by atoms with Crippen LogP contribution in [0.15, 0.2) is 11.6 Å². The third-order valence-electron chi connectivity index (χ3n) is 3.97. The van der Waals surface area contributed by atoms with E-state index in [1.54, 1.807) is 5.57 Å². The van der Waals surface area contributed by atoms with E-state index in [2.05, 4.69) is 13.0 Å². The van der Waals surface area contributed by atoms with E-state index in [0.29, 0.717) is 6.04 Å². The zero-order chi connectivity index (χ0) is 9.97. The molecule has 1 nitrogen and oxygen atoms in total. The van der Waals surface area contributed by atoms with Gasteiger partial charge in [-0.3, -0.25) is 0 Å². The van der Waals surface area contributed by atoms with Gasteiger partial charge in [0.1, 0.15) is 0 Å². The van der Waals surface area contributed by atoms with Crippen molar-refractivity contribution in [3.8, 4) is 0 Å². The van der Waals surface area contributed by atoms with Crippen LogP contribution in [0, 0.1) is 11.8 Å². The minimum absolute atomic E-state index is 0.359. The average molecular weight is 193 g/mol. The van der Waals surface area contributed by atoms with E-state index in [0.717, 1.165) is 11.8 Å². The highest BCUT2D eigenvalue weighted by atomic mass is 14.6. The summed E-state index contributed by atoms with van der Waals surface area (Å²) in [7, 11) is 0. The molecule has 0 aliphatic heterocycles. The molecular weight excluding hydrogens is 170 g/mol. The first-order chi connectivity index (χ1) is 6.75. The highest BCUT2D eigenvalue weighted by molar-refractivity contribution is 5.14. The van der Waals surface area contributed by atoms with Gasteiger partial charge in [0.25, 0.3) is 0 Å². The van der Waals surface area contributed by atoms with Crippen LogP contribution in [0.1, 0.15) is 51.9 Å². The van der Waals surface area contributed by atoms with Crippen molar-refractivity contribution < 1.29 is 0 Å². The summed E-state index contributed by atoms with van der Waals surface area (Å²) in [6.45, 7) is 2.39. The summed E-state index contributed by atoms with van der Waals surface area (Å²) in [5.41, 5.74) is 7.67. The van der Waals surface area contributed by atoms with Crippen LogP contribution in [0.25, 0.3) is 0 Å². The third-order valence-corrected chi connectivity index (χ3v) is 3.97. The highest BCUT2D eigenvalue weighted by Gasteiger charge is 2.23. The maximum absolute atomic E-state index is 5.98. The largest absolute Gasteiger partial charge is 0.324 e. The zero-order valence-electron chi connectivity index (χ0n) is 9.34. The van der Waals surface area contributed by atoms with Gasteiger partial charge >= 0.3 is 0 Å². The Labute approximate surface area is 87.8 Å². The Balaban J connectivity index is 1.94. The highest BCUT2D eigenvalue weighted by Crippen LogP contribution is 2.36. The van der Waals surface area contributed by atoms with E-state index in [4.69, 9.17) is 5.73 Å². The fourth-order valence-corrected chi connectivity index (χ4v) is 2.95. The fourth-order valence-electron chi connectivity index (χ4n) is 2.95. The molecule has 2 aliphatic carbocycles. The quantitative estimate of drug-likeness (QED) is 0.636. The predicted octanol–water partition coefficient (Wildman–Crippen LogP) is 3.25. The Hall–Kier alpha value is -0.300. The fraction of sp³-hybridized carbons (Fsp3) is 0.846. The maximum Gasteiger partial charge on any atom is 0.0226 e. The molecule has 80 valence electrons. The van der Waals surface area contributed by atoms with Crippen molar-refractivity contribution >= 4 is 0 Å². The van der Waals surface area contributed by atoms with Crippen molar-refractivity contribution in [2.45, 2.75) is 57.9 Å². The molecule has 0 aromatic carbocycles. The first kappa shape index (κ1) is 10.2. The maximum atomic E-state index is 5.98. The van der Waals surface area contributed by atoms with E-state index < -0.39 is 0 Å². The average Bonchev–Trinajstić information content (AvgIpc) is 2.19. The van der Waals surface area contributed by atoms with Gasteiger partial charge in [0.2, 0.25) is 0 Å². The second-order valence-corrected chi connectivity index (χ2v) is 5.25. The van der Waals surface area contributed by atoms with Crippen molar-refractivity contribution in [2.75, 3.05) is 0 Å². The lowest BCUT2D eigenvalue weighted by Gasteiger charge is -2.31. The minimum Gasteiger partial charge on any atom is -0.324 e. The minimum atomic E-state index is 0.359. The summed E-state index contributed by atoms with van der Waals surface area (Å²) >= 11 is 0. The first-order valence-electron chi connectivity index (χ1n) is 6.22. The molecule has 0 amide bonds. The molecule has 0 aromatic rings. The van der Waals surface area contributed by atoms with Crippen LogP contribution in [0.2, 0.25) is 0 Å². The number of rotatable bonds is 1. The van der Waals surface area contributed by atoms with Gasteiger partial charge in [-0.25, -0.2) is 0 Å². The van der Waals surface area contributed by atoms with Crippen LogP contribution in [-0.4, -0.2) is 6.04 Å². The molecule has 2 N–H and O–H groups in total. The molecule has 2 rings (SSSR count).